The number of rotatable bonds is 2. The van der Waals surface area contributed by atoms with E-state index in [2.05, 4.69) is 5.10 Å². The largest absolute Gasteiger partial charge is 0.383 e. The quantitative estimate of drug-likeness (QED) is 0.652. The van der Waals surface area contributed by atoms with Crippen LogP contribution in [0.3, 0.4) is 0 Å². The third-order valence-electron chi connectivity index (χ3n) is 4.16. The fraction of sp³-hybridized carbons (Fsp3) is 0.278. The molecule has 6 heteroatoms. The van der Waals surface area contributed by atoms with Crippen LogP contribution in [0.5, 0.6) is 0 Å². The van der Waals surface area contributed by atoms with Gasteiger partial charge >= 0.3 is 0 Å². The predicted molar refractivity (Wildman–Crippen MR) is 93.4 cm³/mol. The van der Waals surface area contributed by atoms with Crippen LogP contribution in [-0.2, 0) is 9.59 Å². The summed E-state index contributed by atoms with van der Waals surface area (Å²) in [6.45, 7) is 3.82. The standard InChI is InChI=1S/C18H20N4O2/c1-18(2)9-14(23)12(15(24)10-18)8-13-16(19)21-22(17(13)20)11-6-4-3-5-7-11/h3-8H,9-10,20H2,1-2H3,(H2,19,21). The highest BCUT2D eigenvalue weighted by molar-refractivity contribution is 6.25. The van der Waals surface area contributed by atoms with Crippen molar-refractivity contribution in [3.63, 3.8) is 0 Å². The number of allylic oxidation sites excluding steroid dienone is 1. The molecule has 2 aromatic rings. The molecule has 1 aliphatic carbocycles. The minimum Gasteiger partial charge on any atom is -0.383 e. The summed E-state index contributed by atoms with van der Waals surface area (Å²) < 4.78 is 1.50. The molecule has 0 aliphatic heterocycles. The van der Waals surface area contributed by atoms with E-state index in [9.17, 15) is 9.59 Å². The summed E-state index contributed by atoms with van der Waals surface area (Å²) in [5, 5.41) is 4.23. The van der Waals surface area contributed by atoms with Crippen LogP contribution in [0.25, 0.3) is 11.8 Å². The number of ketones is 2. The second kappa shape index (κ2) is 5.63. The number of anilines is 2. The van der Waals surface area contributed by atoms with Gasteiger partial charge < -0.3 is 11.5 Å². The minimum atomic E-state index is -0.309. The van der Waals surface area contributed by atoms with Gasteiger partial charge in [-0.05, 0) is 23.6 Å². The first-order chi connectivity index (χ1) is 11.3. The number of carbonyl (C=O) groups excluding carboxylic acids is 2. The maximum atomic E-state index is 12.3. The summed E-state index contributed by atoms with van der Waals surface area (Å²) in [5.41, 5.74) is 13.1. The van der Waals surface area contributed by atoms with Gasteiger partial charge in [0, 0.05) is 12.8 Å². The van der Waals surface area contributed by atoms with Crippen molar-refractivity contribution in [1.29, 1.82) is 0 Å². The van der Waals surface area contributed by atoms with Crippen LogP contribution in [0.4, 0.5) is 11.6 Å². The van der Waals surface area contributed by atoms with Crippen molar-refractivity contribution in [2.45, 2.75) is 26.7 Å². The lowest BCUT2D eigenvalue weighted by Gasteiger charge is -2.28. The molecule has 4 N–H and O–H groups in total. The van der Waals surface area contributed by atoms with Gasteiger partial charge in [-0.3, -0.25) is 9.59 Å². The van der Waals surface area contributed by atoms with Gasteiger partial charge in [0.1, 0.15) is 5.82 Å². The molecule has 6 nitrogen and oxygen atoms in total. The van der Waals surface area contributed by atoms with E-state index in [-0.39, 0.29) is 28.4 Å². The fourth-order valence-electron chi connectivity index (χ4n) is 2.96. The molecule has 124 valence electrons. The highest BCUT2D eigenvalue weighted by atomic mass is 16.1. The molecule has 1 heterocycles. The number of benzene rings is 1. The lowest BCUT2D eigenvalue weighted by molar-refractivity contribution is -0.127. The Morgan fingerprint density at radius 3 is 2.25 bits per heavy atom. The van der Waals surface area contributed by atoms with Crippen molar-refractivity contribution in [2.24, 2.45) is 5.41 Å². The van der Waals surface area contributed by atoms with Crippen LogP contribution in [0.1, 0.15) is 32.3 Å². The predicted octanol–water partition coefficient (Wildman–Crippen LogP) is 2.38. The smallest absolute Gasteiger partial charge is 0.167 e. The Labute approximate surface area is 140 Å². The monoisotopic (exact) mass is 324 g/mol. The number of aromatic nitrogens is 2. The molecule has 0 saturated heterocycles. The van der Waals surface area contributed by atoms with Crippen molar-refractivity contribution < 1.29 is 9.59 Å². The van der Waals surface area contributed by atoms with E-state index in [0.717, 1.165) is 5.69 Å². The molecule has 0 bridgehead atoms. The molecule has 0 unspecified atom stereocenters. The molecule has 1 fully saturated rings. The number of hydrogen-bond acceptors (Lipinski definition) is 5. The molecular weight excluding hydrogens is 304 g/mol. The number of carbonyl (C=O) groups is 2. The van der Waals surface area contributed by atoms with E-state index in [1.807, 2.05) is 44.2 Å². The minimum absolute atomic E-state index is 0.153. The molecule has 1 aliphatic rings. The number of hydrogen-bond donors (Lipinski definition) is 2. The molecule has 1 aromatic heterocycles. The molecule has 24 heavy (non-hydrogen) atoms. The summed E-state index contributed by atoms with van der Waals surface area (Å²) in [5.74, 6) is 0.135. The lowest BCUT2D eigenvalue weighted by Crippen LogP contribution is -2.31. The van der Waals surface area contributed by atoms with Crippen molar-refractivity contribution in [2.75, 3.05) is 11.5 Å². The van der Waals surface area contributed by atoms with E-state index in [1.165, 1.54) is 10.8 Å². The summed E-state index contributed by atoms with van der Waals surface area (Å²) in [6.07, 6.45) is 2.14. The zero-order valence-electron chi connectivity index (χ0n) is 13.7. The summed E-state index contributed by atoms with van der Waals surface area (Å²) in [4.78, 5) is 24.7. The van der Waals surface area contributed by atoms with E-state index >= 15 is 0 Å². The highest BCUT2D eigenvalue weighted by Gasteiger charge is 2.35. The summed E-state index contributed by atoms with van der Waals surface area (Å²) >= 11 is 0. The van der Waals surface area contributed by atoms with Crippen molar-refractivity contribution in [3.8, 4) is 5.69 Å². The second-order valence-corrected chi connectivity index (χ2v) is 6.85. The molecule has 1 aromatic carbocycles. The topological polar surface area (TPSA) is 104 Å². The summed E-state index contributed by atoms with van der Waals surface area (Å²) in [7, 11) is 0. The van der Waals surface area contributed by atoms with Crippen LogP contribution in [-0.4, -0.2) is 21.3 Å². The number of nitrogens with two attached hydrogens (primary N) is 2. The fourth-order valence-corrected chi connectivity index (χ4v) is 2.96. The Balaban J connectivity index is 2.04. The zero-order chi connectivity index (χ0) is 17.5. The Kier molecular flexibility index (Phi) is 3.75. The summed E-state index contributed by atoms with van der Waals surface area (Å²) in [6, 6.07) is 9.30. The first-order valence-electron chi connectivity index (χ1n) is 7.76. The van der Waals surface area contributed by atoms with E-state index in [1.54, 1.807) is 0 Å². The van der Waals surface area contributed by atoms with Crippen LogP contribution in [0.15, 0.2) is 35.9 Å². The third-order valence-corrected chi connectivity index (χ3v) is 4.16. The molecule has 1 saturated carbocycles. The third kappa shape index (κ3) is 2.82. The molecule has 3 rings (SSSR count). The van der Waals surface area contributed by atoms with Crippen molar-refractivity contribution in [3.05, 3.63) is 41.5 Å². The Morgan fingerprint density at radius 1 is 1.08 bits per heavy atom. The van der Waals surface area contributed by atoms with Gasteiger partial charge in [-0.15, -0.1) is 5.10 Å². The normalized spacial score (nSPS) is 17.2. The van der Waals surface area contributed by atoms with Crippen molar-refractivity contribution >= 4 is 29.3 Å². The average molecular weight is 324 g/mol. The van der Waals surface area contributed by atoms with Crippen LogP contribution >= 0.6 is 0 Å². The van der Waals surface area contributed by atoms with Crippen LogP contribution in [0, 0.1) is 5.41 Å². The molecule has 0 atom stereocenters. The molecular formula is C18H20N4O2. The van der Waals surface area contributed by atoms with E-state index in [0.29, 0.717) is 24.2 Å². The highest BCUT2D eigenvalue weighted by Crippen LogP contribution is 2.35. The number of nitrogens with zero attached hydrogens (tertiary/aromatic N) is 2. The zero-order valence-corrected chi connectivity index (χ0v) is 13.7. The SMILES string of the molecule is CC1(C)CC(=O)C(=Cc2c(N)nn(-c3ccccc3)c2N)C(=O)C1. The number of Topliss-reactive ketones (excluding diaryl/α,β-unsaturated/α-hetero) is 2. The maximum Gasteiger partial charge on any atom is 0.167 e. The van der Waals surface area contributed by atoms with Gasteiger partial charge in [0.25, 0.3) is 0 Å². The average Bonchev–Trinajstić information content (AvgIpc) is 2.78. The number of para-hydroxylation sites is 1. The Morgan fingerprint density at radius 2 is 1.67 bits per heavy atom. The first-order valence-corrected chi connectivity index (χ1v) is 7.76. The first kappa shape index (κ1) is 16.0. The lowest BCUT2D eigenvalue weighted by atomic mass is 9.74. The van der Waals surface area contributed by atoms with E-state index < -0.39 is 0 Å². The molecule has 0 radical (unpaired) electrons. The van der Waals surface area contributed by atoms with Gasteiger partial charge in [0.05, 0.1) is 16.8 Å². The Bertz CT molecular complexity index is 825. The van der Waals surface area contributed by atoms with Crippen LogP contribution in [0.2, 0.25) is 0 Å². The molecule has 0 spiro atoms. The maximum absolute atomic E-state index is 12.3. The van der Waals surface area contributed by atoms with Gasteiger partial charge in [-0.2, -0.15) is 0 Å². The van der Waals surface area contributed by atoms with Gasteiger partial charge in [0.15, 0.2) is 17.4 Å². The van der Waals surface area contributed by atoms with Crippen LogP contribution < -0.4 is 11.5 Å². The van der Waals surface area contributed by atoms with Gasteiger partial charge in [0.2, 0.25) is 0 Å². The number of nitrogen functional groups attached to an aromatic ring is 2. The van der Waals surface area contributed by atoms with Gasteiger partial charge in [-0.25, -0.2) is 4.68 Å². The van der Waals surface area contributed by atoms with Gasteiger partial charge in [-0.1, -0.05) is 32.0 Å². The van der Waals surface area contributed by atoms with E-state index in [4.69, 9.17) is 11.5 Å². The molecule has 0 amide bonds. The Hall–Kier alpha value is -2.89. The second-order valence-electron chi connectivity index (χ2n) is 6.85. The van der Waals surface area contributed by atoms with Crippen molar-refractivity contribution in [1.82, 2.24) is 9.78 Å².